The number of benzene rings is 2. The molecule has 0 aliphatic rings. The van der Waals surface area contributed by atoms with Gasteiger partial charge in [0, 0.05) is 11.8 Å². The lowest BCUT2D eigenvalue weighted by molar-refractivity contribution is -0.136. The van der Waals surface area contributed by atoms with E-state index in [0.29, 0.717) is 0 Å². The Morgan fingerprint density at radius 2 is 1.63 bits per heavy atom. The summed E-state index contributed by atoms with van der Waals surface area (Å²) < 4.78 is 65.9. The molecule has 0 unspecified atom stereocenters. The minimum atomic E-state index is -4.67. The van der Waals surface area contributed by atoms with Crippen LogP contribution in [0.5, 0.6) is 0 Å². The van der Waals surface area contributed by atoms with E-state index in [1.165, 1.54) is 36.4 Å². The summed E-state index contributed by atoms with van der Waals surface area (Å²) in [5.41, 5.74) is -1.46. The van der Waals surface area contributed by atoms with E-state index < -0.39 is 45.7 Å². The van der Waals surface area contributed by atoms with Gasteiger partial charge >= 0.3 is 12.3 Å². The van der Waals surface area contributed by atoms with Crippen molar-refractivity contribution in [2.45, 2.75) is 11.1 Å². The summed E-state index contributed by atoms with van der Waals surface area (Å²) in [5.74, 6) is -0.644. The van der Waals surface area contributed by atoms with E-state index in [-0.39, 0.29) is 10.5 Å². The van der Waals surface area contributed by atoms with Crippen LogP contribution in [0.1, 0.15) is 15.9 Å². The van der Waals surface area contributed by atoms with Crippen molar-refractivity contribution < 1.29 is 35.9 Å². The lowest BCUT2D eigenvalue weighted by atomic mass is 10.1. The highest BCUT2D eigenvalue weighted by molar-refractivity contribution is 7.90. The van der Waals surface area contributed by atoms with Gasteiger partial charge in [-0.3, -0.25) is 10.1 Å². The first-order chi connectivity index (χ1) is 12.5. The maximum absolute atomic E-state index is 12.9. The average Bonchev–Trinajstić information content (AvgIpc) is 2.58. The first-order valence-electron chi connectivity index (χ1n) is 7.42. The summed E-state index contributed by atoms with van der Waals surface area (Å²) in [7, 11) is -3.42. The molecule has 0 radical (unpaired) electrons. The van der Waals surface area contributed by atoms with Crippen molar-refractivity contribution in [2.24, 2.45) is 0 Å². The Labute approximate surface area is 152 Å². The average molecular weight is 401 g/mol. The van der Waals surface area contributed by atoms with Crippen LogP contribution in [0.15, 0.2) is 53.4 Å². The molecule has 6 nitrogen and oxygen atoms in total. The molecule has 0 saturated carbocycles. The van der Waals surface area contributed by atoms with E-state index in [1.807, 2.05) is 5.32 Å². The minimum absolute atomic E-state index is 0.0152. The van der Waals surface area contributed by atoms with Crippen LogP contribution in [0.2, 0.25) is 0 Å². The molecule has 0 spiro atoms. The van der Waals surface area contributed by atoms with Crippen molar-refractivity contribution in [2.75, 3.05) is 18.2 Å². The number of ether oxygens (including phenoxy) is 1. The van der Waals surface area contributed by atoms with E-state index in [4.69, 9.17) is 0 Å². The van der Waals surface area contributed by atoms with Gasteiger partial charge < -0.3 is 4.74 Å². The second kappa shape index (κ2) is 7.78. The molecule has 2 aromatic rings. The SMILES string of the molecule is CS(=O)(=O)c1ccc(C(=O)COC(=O)Nc2ccccc2C(F)(F)F)cc1. The van der Waals surface area contributed by atoms with Gasteiger partial charge in [-0.2, -0.15) is 13.2 Å². The Morgan fingerprint density at radius 1 is 1.04 bits per heavy atom. The van der Waals surface area contributed by atoms with E-state index >= 15 is 0 Å². The van der Waals surface area contributed by atoms with Crippen LogP contribution in [0.25, 0.3) is 0 Å². The van der Waals surface area contributed by atoms with Crippen molar-refractivity contribution in [1.82, 2.24) is 0 Å². The highest BCUT2D eigenvalue weighted by atomic mass is 32.2. The molecule has 1 amide bonds. The summed E-state index contributed by atoms with van der Waals surface area (Å²) in [6.07, 6.45) is -4.88. The molecule has 0 aromatic heterocycles. The molecule has 10 heteroatoms. The second-order valence-electron chi connectivity index (χ2n) is 5.46. The van der Waals surface area contributed by atoms with Crippen molar-refractivity contribution in [3.63, 3.8) is 0 Å². The number of anilines is 1. The monoisotopic (exact) mass is 401 g/mol. The highest BCUT2D eigenvalue weighted by Gasteiger charge is 2.33. The van der Waals surface area contributed by atoms with E-state index in [0.717, 1.165) is 18.4 Å². The molecule has 0 saturated heterocycles. The number of Topliss-reactive ketones (excluding diaryl/α,β-unsaturated/α-hetero) is 1. The molecule has 1 N–H and O–H groups in total. The Bertz CT molecular complexity index is 953. The number of hydrogen-bond acceptors (Lipinski definition) is 5. The largest absolute Gasteiger partial charge is 0.441 e. The van der Waals surface area contributed by atoms with Gasteiger partial charge in [-0.25, -0.2) is 13.2 Å². The van der Waals surface area contributed by atoms with Gasteiger partial charge in [-0.1, -0.05) is 12.1 Å². The number of ketones is 1. The molecule has 144 valence electrons. The van der Waals surface area contributed by atoms with Crippen molar-refractivity contribution in [3.8, 4) is 0 Å². The molecular formula is C17H14F3NO5S. The Kier molecular flexibility index (Phi) is 5.89. The molecular weight excluding hydrogens is 387 g/mol. The van der Waals surface area contributed by atoms with Crippen LogP contribution < -0.4 is 5.32 Å². The zero-order valence-corrected chi connectivity index (χ0v) is 14.7. The fraction of sp³-hybridized carbons (Fsp3) is 0.176. The fourth-order valence-electron chi connectivity index (χ4n) is 2.09. The fourth-order valence-corrected chi connectivity index (χ4v) is 2.72. The lowest BCUT2D eigenvalue weighted by Crippen LogP contribution is -2.21. The first-order valence-corrected chi connectivity index (χ1v) is 9.31. The van der Waals surface area contributed by atoms with Crippen LogP contribution in [0.3, 0.4) is 0 Å². The van der Waals surface area contributed by atoms with Gasteiger partial charge in [0.25, 0.3) is 0 Å². The third-order valence-electron chi connectivity index (χ3n) is 3.41. The molecule has 0 bridgehead atoms. The number of para-hydroxylation sites is 1. The molecule has 0 aliphatic carbocycles. The summed E-state index contributed by atoms with van der Waals surface area (Å²) in [6, 6.07) is 9.27. The summed E-state index contributed by atoms with van der Waals surface area (Å²) in [6.45, 7) is -0.724. The number of alkyl halides is 3. The molecule has 0 atom stereocenters. The number of hydrogen-bond donors (Lipinski definition) is 1. The molecule has 2 rings (SSSR count). The predicted molar refractivity (Wildman–Crippen MR) is 90.3 cm³/mol. The number of amides is 1. The van der Waals surface area contributed by atoms with Crippen LogP contribution in [0.4, 0.5) is 23.7 Å². The van der Waals surface area contributed by atoms with Crippen LogP contribution in [-0.2, 0) is 20.8 Å². The summed E-state index contributed by atoms with van der Waals surface area (Å²) in [5, 5.41) is 1.94. The van der Waals surface area contributed by atoms with Gasteiger partial charge in [0.2, 0.25) is 0 Å². The van der Waals surface area contributed by atoms with E-state index in [1.54, 1.807) is 0 Å². The Balaban J connectivity index is 1.99. The van der Waals surface area contributed by atoms with Gasteiger partial charge in [-0.05, 0) is 36.4 Å². The van der Waals surface area contributed by atoms with Gasteiger partial charge in [0.05, 0.1) is 16.1 Å². The van der Waals surface area contributed by atoms with Crippen molar-refractivity contribution in [1.29, 1.82) is 0 Å². The van der Waals surface area contributed by atoms with Crippen molar-refractivity contribution >= 4 is 27.4 Å². The van der Waals surface area contributed by atoms with Gasteiger partial charge in [-0.15, -0.1) is 0 Å². The summed E-state index contributed by atoms with van der Waals surface area (Å²) in [4.78, 5) is 23.7. The van der Waals surface area contributed by atoms with E-state index in [2.05, 4.69) is 4.74 Å². The summed E-state index contributed by atoms with van der Waals surface area (Å²) >= 11 is 0. The van der Waals surface area contributed by atoms with Gasteiger partial charge in [0.1, 0.15) is 0 Å². The maximum atomic E-state index is 12.9. The highest BCUT2D eigenvalue weighted by Crippen LogP contribution is 2.34. The van der Waals surface area contributed by atoms with Gasteiger partial charge in [0.15, 0.2) is 22.2 Å². The molecule has 0 heterocycles. The standard InChI is InChI=1S/C17H14F3NO5S/c1-27(24,25)12-8-6-11(7-9-12)15(22)10-26-16(23)21-14-5-3-2-4-13(14)17(18,19)20/h2-9H,10H2,1H3,(H,21,23). The number of carbonyl (C=O) groups is 2. The zero-order chi connectivity index (χ0) is 20.2. The quantitative estimate of drug-likeness (QED) is 0.774. The molecule has 27 heavy (non-hydrogen) atoms. The van der Waals surface area contributed by atoms with Crippen molar-refractivity contribution in [3.05, 3.63) is 59.7 Å². The number of rotatable bonds is 5. The topological polar surface area (TPSA) is 89.5 Å². The molecule has 0 fully saturated rings. The van der Waals surface area contributed by atoms with Crippen LogP contribution in [-0.4, -0.2) is 33.2 Å². The lowest BCUT2D eigenvalue weighted by Gasteiger charge is -2.13. The second-order valence-corrected chi connectivity index (χ2v) is 7.48. The molecule has 0 aliphatic heterocycles. The zero-order valence-electron chi connectivity index (χ0n) is 13.9. The third-order valence-corrected chi connectivity index (χ3v) is 4.54. The smallest absolute Gasteiger partial charge is 0.418 e. The normalized spacial score (nSPS) is 11.7. The predicted octanol–water partition coefficient (Wildman–Crippen LogP) is 3.54. The van der Waals surface area contributed by atoms with E-state index in [9.17, 15) is 31.2 Å². The molecule has 2 aromatic carbocycles. The number of halogens is 3. The minimum Gasteiger partial charge on any atom is -0.441 e. The third kappa shape index (κ3) is 5.55. The first kappa shape index (κ1) is 20.4. The number of nitrogens with one attached hydrogen (secondary N) is 1. The Morgan fingerprint density at radius 3 is 2.19 bits per heavy atom. The number of carbonyl (C=O) groups excluding carboxylic acids is 2. The maximum Gasteiger partial charge on any atom is 0.418 e. The number of sulfone groups is 1. The van der Waals surface area contributed by atoms with Crippen LogP contribution >= 0.6 is 0 Å². The Hall–Kier alpha value is -2.88. The van der Waals surface area contributed by atoms with Crippen LogP contribution in [0, 0.1) is 0 Å².